The number of aliphatic imine (C=N–C) groups is 3. The number of aliphatic hydroxyl groups excluding tert-OH is 2. The van der Waals surface area contributed by atoms with Crippen LogP contribution in [0.25, 0.3) is 11.0 Å². The molecule has 2 saturated heterocycles. The summed E-state index contributed by atoms with van der Waals surface area (Å²) in [6.45, 7) is 19.1. The van der Waals surface area contributed by atoms with E-state index in [1.807, 2.05) is 87.4 Å². The molecule has 593 valence electrons. The van der Waals surface area contributed by atoms with Crippen molar-refractivity contribution in [3.05, 3.63) is 63.9 Å². The molecule has 0 saturated carbocycles. The summed E-state index contributed by atoms with van der Waals surface area (Å²) in [7, 11) is -5.32. The summed E-state index contributed by atoms with van der Waals surface area (Å²) in [4.78, 5) is 160. The number of aromatic nitrogens is 2. The van der Waals surface area contributed by atoms with Gasteiger partial charge in [-0.1, -0.05) is 34.6 Å². The minimum absolute atomic E-state index is 0. The first-order valence-electron chi connectivity index (χ1n) is 35.0. The standard InChI is InChI=1S/C62H90N13O14P.C8H14N2O5S.Co/c1-29-20-39-40(21-30(29)2)75(28-70-39)57-52(84)53(41(27-76)87-57)89-90(85,86)88-31(3)26-69-49(83)18-19-59(8)37(22-46(66)80)56-62(11)61(10,25-48(68)82)36(14-17-45(65)79)51(74-62)33(5)55-60(9,24-47(67)81)34(12-15-43(63)77)38(71-55)23-42-58(6,7)35(13-16-44(64)78)50(72-42)32(4)54(59)73-56;9-4(7(12)13)1-2-6(11)10-5(3-16)8(14)15;/h20-21,23,28,31,34-37,41,52-53,56-57,71,76,84H,12-19,22,24-27H2,1-11H3,(H2,63,77)(H2,64,78)(H2,65,79)(H2,66,80)(H2,67,81)(H2,68,82)(H,69,83)(H,85,86);4-5,16H,1-3,9H2,(H,10,11)(H,12,13)(H,14,15);/p-1/b38-23-,50-32-,55-33-;;/t31?,34-,35-,36-,37?,41-,52-,53+,56?,57+,59-,60+,61+,62?;4-,5-;/m10./s1. The van der Waals surface area contributed by atoms with Crippen LogP contribution in [0.3, 0.4) is 0 Å². The van der Waals surface area contributed by atoms with Crippen LogP contribution in [0.15, 0.2) is 67.8 Å². The van der Waals surface area contributed by atoms with Crippen LogP contribution in [0.5, 0.6) is 0 Å². The van der Waals surface area contributed by atoms with Gasteiger partial charge in [-0.25, -0.2) is 9.78 Å². The van der Waals surface area contributed by atoms with Crippen LogP contribution in [0, 0.1) is 59.2 Å². The van der Waals surface area contributed by atoms with Crippen molar-refractivity contribution in [2.24, 2.45) is 100 Å². The molecule has 5 unspecified atom stereocenters. The summed E-state index contributed by atoms with van der Waals surface area (Å²) in [5.74, 6) is -10.2. The molecule has 6 aliphatic rings. The van der Waals surface area contributed by atoms with E-state index in [2.05, 4.69) is 33.6 Å². The first kappa shape index (κ1) is 88.1. The fraction of sp³-hybridized carbons (Fsp3) is 0.629. The number of thiol groups is 1. The number of benzene rings is 1. The quantitative estimate of drug-likeness (QED) is 0.0353. The first-order chi connectivity index (χ1) is 49.2. The zero-order chi connectivity index (χ0) is 79.4. The zero-order valence-electron chi connectivity index (χ0n) is 62.0. The molecule has 0 aliphatic carbocycles. The number of carboxylic acid groups (broad SMARTS) is 2. The average Bonchev–Trinajstić information content (AvgIpc) is 1.53. The van der Waals surface area contributed by atoms with Crippen molar-refractivity contribution in [3.8, 4) is 0 Å². The minimum Gasteiger partial charge on any atom is -0.756 e. The molecule has 2 fully saturated rings. The number of allylic oxidation sites excluding steroid dienone is 6. The third kappa shape index (κ3) is 19.1. The van der Waals surface area contributed by atoms with E-state index in [0.717, 1.165) is 11.1 Å². The Hall–Kier alpha value is -7.77. The molecule has 8 amide bonds. The Morgan fingerprint density at radius 3 is 1.93 bits per heavy atom. The fourth-order valence-electron chi connectivity index (χ4n) is 16.3. The van der Waals surface area contributed by atoms with E-state index < -0.39 is 173 Å². The predicted octanol–water partition coefficient (Wildman–Crippen LogP) is 1.21. The Morgan fingerprint density at radius 1 is 0.785 bits per heavy atom. The number of nitrogens with one attached hydrogen (secondary N) is 3. The van der Waals surface area contributed by atoms with Crippen molar-refractivity contribution in [1.82, 2.24) is 25.5 Å². The Balaban J connectivity index is 0.000000939. The first-order valence-corrected chi connectivity index (χ1v) is 37.1. The van der Waals surface area contributed by atoms with Crippen LogP contribution in [-0.2, 0) is 83.1 Å². The Bertz CT molecular complexity index is 4090. The summed E-state index contributed by atoms with van der Waals surface area (Å²) in [6, 6.07) is 0.474. The Kier molecular flexibility index (Phi) is 28.7. The molecule has 37 heteroatoms. The largest absolute Gasteiger partial charge is 0.756 e. The third-order valence-electron chi connectivity index (χ3n) is 22.4. The second-order valence-electron chi connectivity index (χ2n) is 30.2. The number of ether oxygens (including phenoxy) is 1. The van der Waals surface area contributed by atoms with Crippen molar-refractivity contribution < 1.29 is 108 Å². The van der Waals surface area contributed by atoms with Crippen LogP contribution in [0.4, 0.5) is 0 Å². The number of phosphoric acid groups is 1. The number of hydrogen-bond acceptors (Lipinski definition) is 24. The molecule has 7 heterocycles. The molecule has 1 aromatic heterocycles. The number of phosphoric ester groups is 1. The molecule has 0 spiro atoms. The van der Waals surface area contributed by atoms with Crippen molar-refractivity contribution in [2.45, 2.75) is 214 Å². The molecule has 1 radical (unpaired) electrons. The number of nitrogens with two attached hydrogens (primary N) is 7. The van der Waals surface area contributed by atoms with Crippen molar-refractivity contribution in [2.75, 3.05) is 18.9 Å². The molecule has 17 atom stereocenters. The maximum Gasteiger partial charge on any atom is 0.327 e. The molecule has 107 heavy (non-hydrogen) atoms. The zero-order valence-corrected chi connectivity index (χ0v) is 64.8. The van der Waals surface area contributed by atoms with E-state index in [1.54, 1.807) is 0 Å². The normalized spacial score (nSPS) is 30.9. The van der Waals surface area contributed by atoms with Crippen LogP contribution in [0.2, 0.25) is 0 Å². The smallest absolute Gasteiger partial charge is 0.327 e. The predicted molar refractivity (Wildman–Crippen MR) is 390 cm³/mol. The number of primary amides is 6. The van der Waals surface area contributed by atoms with E-state index in [1.165, 1.54) is 17.8 Å². The number of fused-ring (bicyclic) bond motifs is 7. The number of aliphatic carboxylic acids is 2. The van der Waals surface area contributed by atoms with Gasteiger partial charge < -0.3 is 99.8 Å². The second kappa shape index (κ2) is 34.9. The number of nitrogens with zero attached hydrogens (tertiary/aromatic N) is 5. The molecule has 8 bridgehead atoms. The van der Waals surface area contributed by atoms with Gasteiger partial charge in [0.1, 0.15) is 30.4 Å². The number of aliphatic hydroxyl groups is 2. The van der Waals surface area contributed by atoms with Gasteiger partial charge in [-0.15, -0.1) is 0 Å². The Morgan fingerprint density at radius 2 is 1.37 bits per heavy atom. The van der Waals surface area contributed by atoms with E-state index in [-0.39, 0.29) is 113 Å². The van der Waals surface area contributed by atoms with Crippen LogP contribution in [-0.4, -0.2) is 173 Å². The number of amides is 8. The van der Waals surface area contributed by atoms with Crippen molar-refractivity contribution >= 4 is 108 Å². The maximum atomic E-state index is 14.4. The number of carbonyl (C=O) groups is 10. The number of rotatable bonds is 33. The fourth-order valence-corrected chi connectivity index (χ4v) is 17.7. The number of hydrogen-bond donors (Lipinski definition) is 15. The van der Waals surface area contributed by atoms with Gasteiger partial charge >= 0.3 is 11.9 Å². The van der Waals surface area contributed by atoms with E-state index in [9.17, 15) is 67.6 Å². The van der Waals surface area contributed by atoms with Crippen LogP contribution >= 0.6 is 20.5 Å². The SMILES string of the molecule is C/C1=C2N=C(/C=C3\N/C(=C(/C)C4=NC(C)(C5N=C1[C@](C)(CCC(=O)NCC(C)OP(=O)([O-])O[C@@H]1[C@@H](O)[C@@H](n6cnc7cc(C)c(C)cc76)O[C@@H]1CO)C5CC(N)=O)[C@@](C)(CC(N)=O)[C@@H]4CCC(N)=O)[C@@](C)(CC(N)=O)[C@@H]3CCC(N)=O)C(C)(C)[C@@H]/2CCC(N)=O.N[C@@H](CCC(=O)N[C@@H](CS)C(=O)O)C(=O)O.[Co]. The van der Waals surface area contributed by atoms with E-state index in [4.69, 9.17) is 79.1 Å². The summed E-state index contributed by atoms with van der Waals surface area (Å²) in [6.07, 6.45) is -4.75. The number of aryl methyl sites for hydroxylation is 2. The van der Waals surface area contributed by atoms with Crippen LogP contribution < -0.4 is 61.0 Å². The summed E-state index contributed by atoms with van der Waals surface area (Å²) < 4.78 is 31.9. The summed E-state index contributed by atoms with van der Waals surface area (Å²) in [5, 5.41) is 47.4. The van der Waals surface area contributed by atoms with Gasteiger partial charge in [-0.3, -0.25) is 62.7 Å². The molecule has 34 nitrogen and oxygen atoms in total. The summed E-state index contributed by atoms with van der Waals surface area (Å²) >= 11 is 3.76. The molecule has 8 rings (SSSR count). The number of carbonyl (C=O) groups excluding carboxylic acids is 8. The van der Waals surface area contributed by atoms with Crippen LogP contribution in [0.1, 0.15) is 163 Å². The molecule has 2 aromatic rings. The molecule has 1 aromatic carbocycles. The van der Waals surface area contributed by atoms with Crippen molar-refractivity contribution in [1.29, 1.82) is 0 Å². The van der Waals surface area contributed by atoms with Gasteiger partial charge in [-0.05, 0) is 114 Å². The van der Waals surface area contributed by atoms with E-state index in [0.29, 0.717) is 56.4 Å². The van der Waals surface area contributed by atoms with Gasteiger partial charge in [0.2, 0.25) is 47.3 Å². The average molecular weight is 1580 g/mol. The molecular formula is C70H103CoN15O19PS-. The third-order valence-corrected chi connectivity index (χ3v) is 23.9. The van der Waals surface area contributed by atoms with Gasteiger partial charge in [0.15, 0.2) is 6.23 Å². The number of carboxylic acids is 2. The topological polar surface area (TPSA) is 593 Å². The minimum atomic E-state index is -5.32. The monoisotopic (exact) mass is 1580 g/mol. The maximum absolute atomic E-state index is 14.4. The van der Waals surface area contributed by atoms with Crippen molar-refractivity contribution in [3.63, 3.8) is 0 Å². The van der Waals surface area contributed by atoms with Gasteiger partial charge in [0.25, 0.3) is 7.82 Å². The van der Waals surface area contributed by atoms with Gasteiger partial charge in [0, 0.05) is 160 Å². The number of imidazole rings is 1. The molecular weight excluding hydrogens is 1480 g/mol. The molecule has 6 aliphatic heterocycles. The van der Waals surface area contributed by atoms with Gasteiger partial charge in [0.05, 0.1) is 41.7 Å². The Labute approximate surface area is 635 Å². The van der Waals surface area contributed by atoms with E-state index >= 15 is 0 Å². The summed E-state index contributed by atoms with van der Waals surface area (Å²) in [5.41, 5.74) is 42.4. The molecule has 21 N–H and O–H groups in total. The van der Waals surface area contributed by atoms with Gasteiger partial charge in [-0.2, -0.15) is 12.6 Å². The second-order valence-corrected chi connectivity index (χ2v) is 31.9.